The zero-order valence-electron chi connectivity index (χ0n) is 15.4. The molecule has 1 aromatic heterocycles. The van der Waals surface area contributed by atoms with Crippen molar-refractivity contribution in [2.45, 2.75) is 33.1 Å². The van der Waals surface area contributed by atoms with Crippen molar-refractivity contribution < 1.29 is 8.96 Å². The van der Waals surface area contributed by atoms with Crippen LogP contribution in [0.4, 0.5) is 4.39 Å². The van der Waals surface area contributed by atoms with Crippen molar-refractivity contribution in [3.05, 3.63) is 76.7 Å². The largest absolute Gasteiger partial charge is 0.215 e. The first-order valence-electron chi connectivity index (χ1n) is 8.72. The summed E-state index contributed by atoms with van der Waals surface area (Å²) in [4.78, 5) is 0. The second-order valence-corrected chi connectivity index (χ2v) is 7.68. The molecule has 25 heavy (non-hydrogen) atoms. The highest BCUT2D eigenvalue weighted by molar-refractivity contribution is 5.84. The molecule has 0 bridgehead atoms. The van der Waals surface area contributed by atoms with E-state index in [2.05, 4.69) is 39.0 Å². The third kappa shape index (κ3) is 2.17. The molecule has 0 fully saturated rings. The molecule has 126 valence electrons. The molecule has 0 saturated carbocycles. The summed E-state index contributed by atoms with van der Waals surface area (Å²) in [7, 11) is 1.98. The highest BCUT2D eigenvalue weighted by atomic mass is 19.1. The fraction of sp³-hybridized carbons (Fsp3) is 0.261. The molecule has 1 heterocycles. The third-order valence-corrected chi connectivity index (χ3v) is 5.52. The molecule has 1 aliphatic carbocycles. The highest BCUT2D eigenvalue weighted by Gasteiger charge is 2.40. The number of hydrogen-bond acceptors (Lipinski definition) is 0. The molecule has 0 saturated heterocycles. The lowest BCUT2D eigenvalue weighted by atomic mass is 9.80. The van der Waals surface area contributed by atoms with Gasteiger partial charge in [0.1, 0.15) is 12.9 Å². The van der Waals surface area contributed by atoms with Gasteiger partial charge in [-0.15, -0.1) is 0 Å². The second-order valence-electron chi connectivity index (χ2n) is 7.68. The van der Waals surface area contributed by atoms with E-state index in [1.807, 2.05) is 49.0 Å². The number of fused-ring (bicyclic) bond motifs is 3. The topological polar surface area (TPSA) is 3.88 Å². The summed E-state index contributed by atoms with van der Waals surface area (Å²) in [5.74, 6) is -0.0874. The van der Waals surface area contributed by atoms with Gasteiger partial charge in [-0.1, -0.05) is 44.2 Å². The van der Waals surface area contributed by atoms with Crippen LogP contribution in [-0.2, 0) is 12.5 Å². The average molecular weight is 332 g/mol. The van der Waals surface area contributed by atoms with Gasteiger partial charge in [-0.3, -0.25) is 0 Å². The van der Waals surface area contributed by atoms with E-state index in [-0.39, 0.29) is 11.2 Å². The predicted molar refractivity (Wildman–Crippen MR) is 100 cm³/mol. The predicted octanol–water partition coefficient (Wildman–Crippen LogP) is 5.24. The summed E-state index contributed by atoms with van der Waals surface area (Å²) in [6.45, 7) is 8.30. The van der Waals surface area contributed by atoms with E-state index >= 15 is 4.39 Å². The molecule has 4 rings (SSSR count). The van der Waals surface area contributed by atoms with Crippen molar-refractivity contribution >= 4 is 0 Å². The van der Waals surface area contributed by atoms with Crippen molar-refractivity contribution in [1.29, 1.82) is 0 Å². The van der Waals surface area contributed by atoms with E-state index in [1.165, 1.54) is 11.1 Å². The number of pyridine rings is 1. The van der Waals surface area contributed by atoms with Gasteiger partial charge in [-0.25, -0.2) is 8.96 Å². The first-order chi connectivity index (χ1) is 11.8. The first-order valence-corrected chi connectivity index (χ1v) is 8.72. The molecule has 1 aliphatic rings. The molecule has 2 heteroatoms. The van der Waals surface area contributed by atoms with Crippen LogP contribution in [0.15, 0.2) is 48.7 Å². The summed E-state index contributed by atoms with van der Waals surface area (Å²) in [5, 5.41) is 0. The van der Waals surface area contributed by atoms with Crippen molar-refractivity contribution in [3.63, 3.8) is 0 Å². The Morgan fingerprint density at radius 3 is 2.40 bits per heavy atom. The number of nitrogens with zero attached hydrogens (tertiary/aromatic N) is 1. The third-order valence-electron chi connectivity index (χ3n) is 5.52. The van der Waals surface area contributed by atoms with Gasteiger partial charge < -0.3 is 0 Å². The standard InChI is InChI=1S/C23H23FN/c1-14-10-11-19(25(5)13-14)20-15(2)12-17-16-8-6-7-9-18(16)23(3,4)21(17)22(20)24/h6-13H,1-5H3/q+1. The maximum Gasteiger partial charge on any atom is 0.215 e. The number of aromatic nitrogens is 1. The fourth-order valence-corrected chi connectivity index (χ4v) is 4.32. The van der Waals surface area contributed by atoms with E-state index < -0.39 is 0 Å². The zero-order valence-corrected chi connectivity index (χ0v) is 15.4. The fourth-order valence-electron chi connectivity index (χ4n) is 4.32. The summed E-state index contributed by atoms with van der Waals surface area (Å²) in [6.07, 6.45) is 2.04. The Kier molecular flexibility index (Phi) is 3.37. The molecule has 0 amide bonds. The van der Waals surface area contributed by atoms with Gasteiger partial charge in [0.25, 0.3) is 0 Å². The van der Waals surface area contributed by atoms with Gasteiger partial charge in [0, 0.05) is 22.6 Å². The Morgan fingerprint density at radius 1 is 0.960 bits per heavy atom. The van der Waals surface area contributed by atoms with Crippen molar-refractivity contribution in [2.24, 2.45) is 7.05 Å². The van der Waals surface area contributed by atoms with Gasteiger partial charge in [0.2, 0.25) is 5.69 Å². The van der Waals surface area contributed by atoms with Crippen LogP contribution in [0.1, 0.15) is 36.1 Å². The van der Waals surface area contributed by atoms with E-state index in [9.17, 15) is 0 Å². The summed E-state index contributed by atoms with van der Waals surface area (Å²) in [6, 6.07) is 14.5. The molecule has 0 N–H and O–H groups in total. The number of rotatable bonds is 1. The molecule has 0 atom stereocenters. The molecule has 0 radical (unpaired) electrons. The van der Waals surface area contributed by atoms with E-state index in [0.717, 1.165) is 27.9 Å². The number of benzene rings is 2. The van der Waals surface area contributed by atoms with Crippen LogP contribution in [0.3, 0.4) is 0 Å². The van der Waals surface area contributed by atoms with Gasteiger partial charge in [-0.2, -0.15) is 0 Å². The first kappa shape index (κ1) is 16.0. The normalized spacial score (nSPS) is 14.3. The molecular weight excluding hydrogens is 309 g/mol. The van der Waals surface area contributed by atoms with Gasteiger partial charge in [0.15, 0.2) is 6.20 Å². The van der Waals surface area contributed by atoms with Crippen LogP contribution >= 0.6 is 0 Å². The molecule has 0 unspecified atom stereocenters. The SMILES string of the molecule is Cc1ccc(-c2c(C)cc3c(c2F)C(C)(C)c2ccccc2-3)[n+](C)c1. The van der Waals surface area contributed by atoms with Gasteiger partial charge >= 0.3 is 0 Å². The maximum absolute atomic E-state index is 15.8. The maximum atomic E-state index is 15.8. The Morgan fingerprint density at radius 2 is 1.68 bits per heavy atom. The quantitative estimate of drug-likeness (QED) is 0.537. The Labute approximate surface area is 148 Å². The van der Waals surface area contributed by atoms with Crippen LogP contribution in [0.5, 0.6) is 0 Å². The van der Waals surface area contributed by atoms with Crippen molar-refractivity contribution in [3.8, 4) is 22.4 Å². The van der Waals surface area contributed by atoms with Crippen LogP contribution in [0.2, 0.25) is 0 Å². The van der Waals surface area contributed by atoms with Gasteiger partial charge in [0.05, 0.1) is 5.56 Å². The molecular formula is C23H23FN+. The summed E-state index contributed by atoms with van der Waals surface area (Å²) >= 11 is 0. The minimum Gasteiger partial charge on any atom is -0.206 e. The van der Waals surface area contributed by atoms with E-state index in [0.29, 0.717) is 5.56 Å². The van der Waals surface area contributed by atoms with Crippen LogP contribution in [-0.4, -0.2) is 0 Å². The smallest absolute Gasteiger partial charge is 0.206 e. The molecule has 0 spiro atoms. The van der Waals surface area contributed by atoms with Gasteiger partial charge in [-0.05, 0) is 42.2 Å². The van der Waals surface area contributed by atoms with Crippen LogP contribution in [0, 0.1) is 19.7 Å². The van der Waals surface area contributed by atoms with E-state index in [4.69, 9.17) is 0 Å². The zero-order chi connectivity index (χ0) is 17.9. The summed E-state index contributed by atoms with van der Waals surface area (Å²) in [5.41, 5.74) is 7.64. The lowest BCUT2D eigenvalue weighted by molar-refractivity contribution is -0.660. The molecule has 3 aromatic rings. The van der Waals surface area contributed by atoms with Crippen molar-refractivity contribution in [1.82, 2.24) is 0 Å². The number of hydrogen-bond donors (Lipinski definition) is 0. The molecule has 1 nitrogen and oxygen atoms in total. The molecule has 2 aromatic carbocycles. The number of halogens is 1. The summed E-state index contributed by atoms with van der Waals surface area (Å²) < 4.78 is 17.9. The van der Waals surface area contributed by atoms with Crippen LogP contribution in [0.25, 0.3) is 22.4 Å². The molecule has 0 aliphatic heterocycles. The highest BCUT2D eigenvalue weighted by Crippen LogP contribution is 2.51. The monoisotopic (exact) mass is 332 g/mol. The number of aryl methyl sites for hydroxylation is 3. The lowest BCUT2D eigenvalue weighted by Crippen LogP contribution is -2.31. The van der Waals surface area contributed by atoms with E-state index in [1.54, 1.807) is 0 Å². The second kappa shape index (κ2) is 5.26. The average Bonchev–Trinajstić information content (AvgIpc) is 2.77. The Bertz CT molecular complexity index is 1010. The Hall–Kier alpha value is -2.48. The van der Waals surface area contributed by atoms with Crippen molar-refractivity contribution in [2.75, 3.05) is 0 Å². The lowest BCUT2D eigenvalue weighted by Gasteiger charge is -2.23. The minimum absolute atomic E-state index is 0.0874. The van der Waals surface area contributed by atoms with Crippen LogP contribution < -0.4 is 4.57 Å². The minimum atomic E-state index is -0.332. The Balaban J connectivity index is 2.06.